The molecule has 134 valence electrons. The lowest BCUT2D eigenvalue weighted by molar-refractivity contribution is -0.152. The third-order valence-electron chi connectivity index (χ3n) is 3.35. The number of carbonyl (C=O) groups excluding carboxylic acids is 2. The number of nitrogens with one attached hydrogen (secondary N) is 1. The zero-order valence-electron chi connectivity index (χ0n) is 14.1. The molecular weight excluding hydrogens is 355 g/mol. The van der Waals surface area contributed by atoms with Gasteiger partial charge in [0.2, 0.25) is 0 Å². The summed E-state index contributed by atoms with van der Waals surface area (Å²) in [5, 5.41) is 11.4. The van der Waals surface area contributed by atoms with Gasteiger partial charge in [-0.3, -0.25) is 9.59 Å². The van der Waals surface area contributed by atoms with E-state index in [1.54, 1.807) is 36.4 Å². The second kappa shape index (κ2) is 9.59. The summed E-state index contributed by atoms with van der Waals surface area (Å²) in [6, 6.07) is 14.3. The van der Waals surface area contributed by atoms with Crippen LogP contribution in [0.4, 0.5) is 10.1 Å². The Labute approximate surface area is 155 Å². The lowest BCUT2D eigenvalue weighted by atomic mass is 10.2. The van der Waals surface area contributed by atoms with Gasteiger partial charge in [0.1, 0.15) is 5.82 Å². The standard InChI is InChI=1S/C19H17FN2O3S/c1-13(19(24)22-16-6-2-14(12-21)3-7-16)25-18(23)10-11-26-17-8-4-15(20)5-9-17/h2-9,13H,10-11H2,1H3,(H,22,24)/t13-/m1/s1. The average Bonchev–Trinajstić information content (AvgIpc) is 2.64. The van der Waals surface area contributed by atoms with Gasteiger partial charge in [-0.2, -0.15) is 5.26 Å². The molecule has 2 aromatic carbocycles. The van der Waals surface area contributed by atoms with Crippen molar-refractivity contribution in [3.05, 3.63) is 59.9 Å². The van der Waals surface area contributed by atoms with Crippen molar-refractivity contribution in [2.45, 2.75) is 24.3 Å². The van der Waals surface area contributed by atoms with E-state index in [1.807, 2.05) is 6.07 Å². The predicted octanol–water partition coefficient (Wildman–Crippen LogP) is 3.75. The van der Waals surface area contributed by atoms with Gasteiger partial charge in [-0.05, 0) is 55.5 Å². The first-order chi connectivity index (χ1) is 12.5. The third-order valence-corrected chi connectivity index (χ3v) is 4.36. The molecule has 0 spiro atoms. The molecule has 0 fully saturated rings. The molecule has 1 atom stereocenters. The number of hydrogen-bond acceptors (Lipinski definition) is 5. The van der Waals surface area contributed by atoms with Crippen molar-refractivity contribution in [3.63, 3.8) is 0 Å². The molecule has 0 heterocycles. The predicted molar refractivity (Wildman–Crippen MR) is 97.1 cm³/mol. The summed E-state index contributed by atoms with van der Waals surface area (Å²) in [7, 11) is 0. The number of anilines is 1. The lowest BCUT2D eigenvalue weighted by Crippen LogP contribution is -2.30. The van der Waals surface area contributed by atoms with Crippen LogP contribution in [0.3, 0.4) is 0 Å². The van der Waals surface area contributed by atoms with E-state index in [9.17, 15) is 14.0 Å². The molecule has 0 aromatic heterocycles. The summed E-state index contributed by atoms with van der Waals surface area (Å²) >= 11 is 1.40. The number of nitrogens with zero attached hydrogens (tertiary/aromatic N) is 1. The summed E-state index contributed by atoms with van der Waals surface area (Å²) in [5.41, 5.74) is 1.00. The number of benzene rings is 2. The van der Waals surface area contributed by atoms with Crippen LogP contribution < -0.4 is 5.32 Å². The molecule has 2 rings (SSSR count). The zero-order chi connectivity index (χ0) is 18.9. The first-order valence-corrected chi connectivity index (χ1v) is 8.85. The Hall–Kier alpha value is -2.85. The molecule has 0 aliphatic carbocycles. The molecule has 1 N–H and O–H groups in total. The molecule has 1 amide bonds. The highest BCUT2D eigenvalue weighted by molar-refractivity contribution is 7.99. The minimum Gasteiger partial charge on any atom is -0.453 e. The van der Waals surface area contributed by atoms with Crippen LogP contribution in [0.25, 0.3) is 0 Å². The highest BCUT2D eigenvalue weighted by atomic mass is 32.2. The van der Waals surface area contributed by atoms with Gasteiger partial charge in [0.25, 0.3) is 5.91 Å². The second-order valence-corrected chi connectivity index (χ2v) is 6.53. The quantitative estimate of drug-likeness (QED) is 0.591. The molecule has 0 radical (unpaired) electrons. The van der Waals surface area contributed by atoms with E-state index in [2.05, 4.69) is 5.32 Å². The number of thioether (sulfide) groups is 1. The molecule has 0 aliphatic rings. The Morgan fingerprint density at radius 2 is 1.85 bits per heavy atom. The van der Waals surface area contributed by atoms with E-state index in [-0.39, 0.29) is 12.2 Å². The molecule has 26 heavy (non-hydrogen) atoms. The normalized spacial score (nSPS) is 11.3. The summed E-state index contributed by atoms with van der Waals surface area (Å²) in [5.74, 6) is -0.777. The SMILES string of the molecule is C[C@@H](OC(=O)CCSc1ccc(F)cc1)C(=O)Nc1ccc(C#N)cc1. The van der Waals surface area contributed by atoms with E-state index in [1.165, 1.54) is 30.8 Å². The van der Waals surface area contributed by atoms with Crippen LogP contribution in [0.15, 0.2) is 53.4 Å². The topological polar surface area (TPSA) is 79.2 Å². The summed E-state index contributed by atoms with van der Waals surface area (Å²) < 4.78 is 17.9. The van der Waals surface area contributed by atoms with Gasteiger partial charge in [-0.25, -0.2) is 4.39 Å². The number of carbonyl (C=O) groups is 2. The van der Waals surface area contributed by atoms with Gasteiger partial charge >= 0.3 is 5.97 Å². The van der Waals surface area contributed by atoms with Crippen LogP contribution in [0.2, 0.25) is 0 Å². The number of rotatable bonds is 7. The maximum atomic E-state index is 12.8. The molecule has 7 heteroatoms. The second-order valence-electron chi connectivity index (χ2n) is 5.36. The fraction of sp³-hybridized carbons (Fsp3) is 0.211. The number of esters is 1. The monoisotopic (exact) mass is 372 g/mol. The Morgan fingerprint density at radius 1 is 1.19 bits per heavy atom. The Bertz CT molecular complexity index is 801. The fourth-order valence-electron chi connectivity index (χ4n) is 1.96. The van der Waals surface area contributed by atoms with Crippen LogP contribution in [-0.4, -0.2) is 23.7 Å². The van der Waals surface area contributed by atoms with E-state index in [0.717, 1.165) is 4.90 Å². The number of amides is 1. The number of hydrogen-bond donors (Lipinski definition) is 1. The number of ether oxygens (including phenoxy) is 1. The molecule has 0 saturated heterocycles. The largest absolute Gasteiger partial charge is 0.453 e. The van der Waals surface area contributed by atoms with Crippen molar-refractivity contribution in [3.8, 4) is 6.07 Å². The van der Waals surface area contributed by atoms with E-state index < -0.39 is 18.0 Å². The van der Waals surface area contributed by atoms with Crippen molar-refractivity contribution in [1.82, 2.24) is 0 Å². The van der Waals surface area contributed by atoms with E-state index in [0.29, 0.717) is 17.0 Å². The van der Waals surface area contributed by atoms with Crippen molar-refractivity contribution in [2.75, 3.05) is 11.1 Å². The molecule has 5 nitrogen and oxygen atoms in total. The Balaban J connectivity index is 1.73. The van der Waals surface area contributed by atoms with Gasteiger partial charge < -0.3 is 10.1 Å². The van der Waals surface area contributed by atoms with Crippen LogP contribution in [-0.2, 0) is 14.3 Å². The van der Waals surface area contributed by atoms with E-state index in [4.69, 9.17) is 10.00 Å². The minimum absolute atomic E-state index is 0.135. The van der Waals surface area contributed by atoms with Crippen LogP contribution in [0, 0.1) is 17.1 Å². The molecule has 0 saturated carbocycles. The van der Waals surface area contributed by atoms with Crippen molar-refractivity contribution in [2.24, 2.45) is 0 Å². The van der Waals surface area contributed by atoms with Crippen molar-refractivity contribution < 1.29 is 18.7 Å². The summed E-state index contributed by atoms with van der Waals surface area (Å²) in [4.78, 5) is 24.7. The van der Waals surface area contributed by atoms with Crippen molar-refractivity contribution in [1.29, 1.82) is 5.26 Å². The highest BCUT2D eigenvalue weighted by Gasteiger charge is 2.17. The molecule has 0 bridgehead atoms. The lowest BCUT2D eigenvalue weighted by Gasteiger charge is -2.13. The van der Waals surface area contributed by atoms with Crippen LogP contribution >= 0.6 is 11.8 Å². The fourth-order valence-corrected chi connectivity index (χ4v) is 2.80. The Morgan fingerprint density at radius 3 is 2.46 bits per heavy atom. The molecule has 2 aromatic rings. The van der Waals surface area contributed by atoms with Gasteiger partial charge in [0, 0.05) is 16.3 Å². The third kappa shape index (κ3) is 6.22. The zero-order valence-corrected chi connectivity index (χ0v) is 14.9. The summed E-state index contributed by atoms with van der Waals surface area (Å²) in [6.07, 6.45) is -0.801. The molecule has 0 aliphatic heterocycles. The number of halogens is 1. The maximum Gasteiger partial charge on any atom is 0.307 e. The van der Waals surface area contributed by atoms with Gasteiger partial charge in [-0.1, -0.05) is 0 Å². The van der Waals surface area contributed by atoms with Gasteiger partial charge in [0.15, 0.2) is 6.10 Å². The van der Waals surface area contributed by atoms with Crippen LogP contribution in [0.1, 0.15) is 18.9 Å². The van der Waals surface area contributed by atoms with Gasteiger partial charge in [0.05, 0.1) is 18.1 Å². The van der Waals surface area contributed by atoms with Gasteiger partial charge in [-0.15, -0.1) is 11.8 Å². The minimum atomic E-state index is -0.936. The first kappa shape index (κ1) is 19.5. The first-order valence-electron chi connectivity index (χ1n) is 7.87. The smallest absolute Gasteiger partial charge is 0.307 e. The maximum absolute atomic E-state index is 12.8. The Kier molecular flexibility index (Phi) is 7.18. The molecule has 0 unspecified atom stereocenters. The summed E-state index contributed by atoms with van der Waals surface area (Å²) in [6.45, 7) is 1.49. The highest BCUT2D eigenvalue weighted by Crippen LogP contribution is 2.19. The van der Waals surface area contributed by atoms with E-state index >= 15 is 0 Å². The number of nitriles is 1. The average molecular weight is 372 g/mol. The molecular formula is C19H17FN2O3S. The van der Waals surface area contributed by atoms with Crippen LogP contribution in [0.5, 0.6) is 0 Å². The van der Waals surface area contributed by atoms with Crippen molar-refractivity contribution >= 4 is 29.3 Å².